The Bertz CT molecular complexity index is 538. The van der Waals surface area contributed by atoms with Crippen LogP contribution in [0.2, 0.25) is 0 Å². The number of ether oxygens (including phenoxy) is 1. The Labute approximate surface area is 108 Å². The van der Waals surface area contributed by atoms with E-state index in [1.54, 1.807) is 13.3 Å². The maximum absolute atomic E-state index is 5.25. The lowest BCUT2D eigenvalue weighted by Crippen LogP contribution is -2.02. The second-order valence-electron chi connectivity index (χ2n) is 4.35. The molecular weight excluding hydrogens is 224 g/mol. The quantitative estimate of drug-likeness (QED) is 0.893. The lowest BCUT2D eigenvalue weighted by atomic mass is 10.1. The summed E-state index contributed by atoms with van der Waals surface area (Å²) in [5, 5.41) is 3.39. The van der Waals surface area contributed by atoms with E-state index in [0.29, 0.717) is 0 Å². The van der Waals surface area contributed by atoms with Crippen molar-refractivity contribution in [1.29, 1.82) is 0 Å². The second-order valence-corrected chi connectivity index (χ2v) is 4.35. The van der Waals surface area contributed by atoms with Crippen molar-refractivity contribution in [2.45, 2.75) is 20.4 Å². The first-order chi connectivity index (χ1) is 8.70. The van der Waals surface area contributed by atoms with E-state index in [-0.39, 0.29) is 0 Å². The van der Waals surface area contributed by atoms with E-state index in [1.165, 1.54) is 11.1 Å². The van der Waals surface area contributed by atoms with Gasteiger partial charge in [-0.3, -0.25) is 4.98 Å². The van der Waals surface area contributed by atoms with Gasteiger partial charge in [-0.25, -0.2) is 0 Å². The van der Waals surface area contributed by atoms with Crippen molar-refractivity contribution in [3.8, 4) is 5.75 Å². The lowest BCUT2D eigenvalue weighted by Gasteiger charge is -2.10. The van der Waals surface area contributed by atoms with Gasteiger partial charge in [-0.15, -0.1) is 0 Å². The summed E-state index contributed by atoms with van der Waals surface area (Å²) in [5.41, 5.74) is 4.66. The fourth-order valence-corrected chi connectivity index (χ4v) is 1.90. The zero-order valence-corrected chi connectivity index (χ0v) is 11.0. The van der Waals surface area contributed by atoms with Crippen molar-refractivity contribution in [1.82, 2.24) is 4.98 Å². The van der Waals surface area contributed by atoms with E-state index in [2.05, 4.69) is 36.3 Å². The van der Waals surface area contributed by atoms with Crippen LogP contribution in [0.25, 0.3) is 0 Å². The average molecular weight is 242 g/mol. The third kappa shape index (κ3) is 2.80. The standard InChI is InChI=1S/C15H18N2O/c1-11-6-7-16-10-14(11)17-9-13-4-5-15(18-3)12(2)8-13/h4-8,10,17H,9H2,1-3H3. The molecule has 1 N–H and O–H groups in total. The molecule has 94 valence electrons. The minimum Gasteiger partial charge on any atom is -0.496 e. The normalized spacial score (nSPS) is 10.2. The highest BCUT2D eigenvalue weighted by atomic mass is 16.5. The smallest absolute Gasteiger partial charge is 0.121 e. The number of methoxy groups -OCH3 is 1. The first kappa shape index (κ1) is 12.4. The van der Waals surface area contributed by atoms with E-state index >= 15 is 0 Å². The molecule has 0 aliphatic heterocycles. The lowest BCUT2D eigenvalue weighted by molar-refractivity contribution is 0.411. The molecular formula is C15H18N2O. The van der Waals surface area contributed by atoms with Gasteiger partial charge in [0.15, 0.2) is 0 Å². The number of nitrogens with zero attached hydrogens (tertiary/aromatic N) is 1. The predicted octanol–water partition coefficient (Wildman–Crippen LogP) is 3.32. The molecule has 3 nitrogen and oxygen atoms in total. The van der Waals surface area contributed by atoms with Gasteiger partial charge in [0.1, 0.15) is 5.75 Å². The Kier molecular flexibility index (Phi) is 3.82. The Hall–Kier alpha value is -2.03. The van der Waals surface area contributed by atoms with Gasteiger partial charge in [0.05, 0.1) is 19.0 Å². The Morgan fingerprint density at radius 3 is 2.67 bits per heavy atom. The van der Waals surface area contributed by atoms with Gasteiger partial charge in [0.2, 0.25) is 0 Å². The molecule has 2 rings (SSSR count). The molecule has 18 heavy (non-hydrogen) atoms. The summed E-state index contributed by atoms with van der Waals surface area (Å²) < 4.78 is 5.25. The van der Waals surface area contributed by atoms with Gasteiger partial charge < -0.3 is 10.1 Å². The molecule has 0 spiro atoms. The first-order valence-corrected chi connectivity index (χ1v) is 5.98. The number of benzene rings is 1. The largest absolute Gasteiger partial charge is 0.496 e. The van der Waals surface area contributed by atoms with Crippen LogP contribution in [0.1, 0.15) is 16.7 Å². The third-order valence-electron chi connectivity index (χ3n) is 2.98. The first-order valence-electron chi connectivity index (χ1n) is 5.98. The molecule has 1 aromatic heterocycles. The number of nitrogens with one attached hydrogen (secondary N) is 1. The maximum Gasteiger partial charge on any atom is 0.121 e. The van der Waals surface area contributed by atoms with Crippen LogP contribution in [-0.4, -0.2) is 12.1 Å². The fraction of sp³-hybridized carbons (Fsp3) is 0.267. The number of rotatable bonds is 4. The van der Waals surface area contributed by atoms with Crippen LogP contribution in [0.5, 0.6) is 5.75 Å². The Morgan fingerprint density at radius 1 is 1.17 bits per heavy atom. The van der Waals surface area contributed by atoms with Crippen LogP contribution < -0.4 is 10.1 Å². The summed E-state index contributed by atoms with van der Waals surface area (Å²) in [4.78, 5) is 4.12. The summed E-state index contributed by atoms with van der Waals surface area (Å²) in [6.07, 6.45) is 3.66. The van der Waals surface area contributed by atoms with E-state index < -0.39 is 0 Å². The Balaban J connectivity index is 2.07. The number of anilines is 1. The van der Waals surface area contributed by atoms with E-state index in [0.717, 1.165) is 23.5 Å². The van der Waals surface area contributed by atoms with Crippen molar-refractivity contribution in [3.05, 3.63) is 53.3 Å². The van der Waals surface area contributed by atoms with Gasteiger partial charge in [-0.1, -0.05) is 12.1 Å². The topological polar surface area (TPSA) is 34.1 Å². The average Bonchev–Trinajstić information content (AvgIpc) is 2.38. The number of hydrogen-bond acceptors (Lipinski definition) is 3. The fourth-order valence-electron chi connectivity index (χ4n) is 1.90. The molecule has 0 aliphatic carbocycles. The summed E-state index contributed by atoms with van der Waals surface area (Å²) in [6.45, 7) is 4.91. The van der Waals surface area contributed by atoms with Crippen molar-refractivity contribution in [2.75, 3.05) is 12.4 Å². The molecule has 0 saturated heterocycles. The van der Waals surface area contributed by atoms with Gasteiger partial charge in [0, 0.05) is 12.7 Å². The number of pyridine rings is 1. The molecule has 0 radical (unpaired) electrons. The monoisotopic (exact) mass is 242 g/mol. The van der Waals surface area contributed by atoms with Crippen molar-refractivity contribution in [2.24, 2.45) is 0 Å². The molecule has 0 aliphatic rings. The van der Waals surface area contributed by atoms with Crippen LogP contribution in [0.15, 0.2) is 36.7 Å². The van der Waals surface area contributed by atoms with E-state index in [1.807, 2.05) is 18.3 Å². The highest BCUT2D eigenvalue weighted by Crippen LogP contribution is 2.19. The van der Waals surface area contributed by atoms with E-state index in [9.17, 15) is 0 Å². The van der Waals surface area contributed by atoms with Crippen molar-refractivity contribution in [3.63, 3.8) is 0 Å². The highest BCUT2D eigenvalue weighted by Gasteiger charge is 2.01. The SMILES string of the molecule is COc1ccc(CNc2cnccc2C)cc1C. The molecule has 0 atom stereocenters. The van der Waals surface area contributed by atoms with Gasteiger partial charge in [0.25, 0.3) is 0 Å². The van der Waals surface area contributed by atoms with Gasteiger partial charge in [-0.2, -0.15) is 0 Å². The second kappa shape index (κ2) is 5.54. The number of aryl methyl sites for hydroxylation is 2. The van der Waals surface area contributed by atoms with Crippen LogP contribution >= 0.6 is 0 Å². The zero-order valence-electron chi connectivity index (χ0n) is 11.0. The van der Waals surface area contributed by atoms with Gasteiger partial charge >= 0.3 is 0 Å². The Morgan fingerprint density at radius 2 is 2.00 bits per heavy atom. The zero-order chi connectivity index (χ0) is 13.0. The number of aromatic nitrogens is 1. The van der Waals surface area contributed by atoms with Crippen LogP contribution in [0.4, 0.5) is 5.69 Å². The van der Waals surface area contributed by atoms with E-state index in [4.69, 9.17) is 4.74 Å². The summed E-state index contributed by atoms with van der Waals surface area (Å²) >= 11 is 0. The molecule has 1 aromatic carbocycles. The minimum atomic E-state index is 0.789. The molecule has 0 fully saturated rings. The predicted molar refractivity (Wildman–Crippen MR) is 74.0 cm³/mol. The molecule has 0 bridgehead atoms. The van der Waals surface area contributed by atoms with Crippen LogP contribution in [0, 0.1) is 13.8 Å². The summed E-state index contributed by atoms with van der Waals surface area (Å²) in [7, 11) is 1.69. The molecule has 0 amide bonds. The van der Waals surface area contributed by atoms with Crippen molar-refractivity contribution >= 4 is 5.69 Å². The van der Waals surface area contributed by atoms with Crippen LogP contribution in [-0.2, 0) is 6.54 Å². The molecule has 2 aromatic rings. The summed E-state index contributed by atoms with van der Waals surface area (Å²) in [5.74, 6) is 0.927. The third-order valence-corrected chi connectivity index (χ3v) is 2.98. The molecule has 0 unspecified atom stereocenters. The molecule has 0 saturated carbocycles. The number of hydrogen-bond donors (Lipinski definition) is 1. The van der Waals surface area contributed by atoms with Gasteiger partial charge in [-0.05, 0) is 42.7 Å². The van der Waals surface area contributed by atoms with Crippen molar-refractivity contribution < 1.29 is 4.74 Å². The van der Waals surface area contributed by atoms with Crippen LogP contribution in [0.3, 0.4) is 0 Å². The molecule has 3 heteroatoms. The highest BCUT2D eigenvalue weighted by molar-refractivity contribution is 5.48. The molecule has 1 heterocycles. The minimum absolute atomic E-state index is 0.789. The maximum atomic E-state index is 5.25. The summed E-state index contributed by atoms with van der Waals surface area (Å²) in [6, 6.07) is 8.21.